The zero-order valence-electron chi connectivity index (χ0n) is 15.2. The van der Waals surface area contributed by atoms with Crippen LogP contribution in [0.2, 0.25) is 0 Å². The monoisotopic (exact) mass is 399 g/mol. The highest BCUT2D eigenvalue weighted by Gasteiger charge is 2.21. The summed E-state index contributed by atoms with van der Waals surface area (Å²) in [5.74, 6) is -3.36. The number of halogens is 1. The molecule has 1 aromatic rings. The number of likely N-dealkylation sites (tertiary alicyclic amines) is 1. The van der Waals surface area contributed by atoms with Crippen LogP contribution in [0.5, 0.6) is 0 Å². The van der Waals surface area contributed by atoms with Crippen LogP contribution < -0.4 is 10.6 Å². The Balaban J connectivity index is 1.64. The van der Waals surface area contributed by atoms with Gasteiger partial charge < -0.3 is 15.5 Å². The Morgan fingerprint density at radius 3 is 2.30 bits per heavy atom. The molecule has 0 atom stereocenters. The van der Waals surface area contributed by atoms with Gasteiger partial charge in [-0.3, -0.25) is 9.59 Å². The molecule has 2 amide bonds. The van der Waals surface area contributed by atoms with Gasteiger partial charge in [-0.05, 0) is 69.6 Å². The molecule has 0 unspecified atom stereocenters. The number of amides is 2. The predicted octanol–water partition coefficient (Wildman–Crippen LogP) is 1.17. The molecule has 1 aromatic carbocycles. The molecule has 0 spiro atoms. The summed E-state index contributed by atoms with van der Waals surface area (Å²) in [7, 11) is -3.87. The van der Waals surface area contributed by atoms with Crippen LogP contribution in [0.25, 0.3) is 0 Å². The highest BCUT2D eigenvalue weighted by atomic mass is 32.2. The lowest BCUT2D eigenvalue weighted by Crippen LogP contribution is -2.34. The van der Waals surface area contributed by atoms with Crippen LogP contribution in [0, 0.1) is 5.82 Å². The number of carbonyl (C=O) groups is 2. The first-order valence-electron chi connectivity index (χ1n) is 9.09. The Kier molecular flexibility index (Phi) is 8.18. The number of hydrogen-bond donors (Lipinski definition) is 2. The molecule has 0 bridgehead atoms. The van der Waals surface area contributed by atoms with Crippen LogP contribution in [0.3, 0.4) is 0 Å². The standard InChI is InChI=1S/C18H26FN3O4S/c19-15-5-7-16(8-6-15)21-18(24)14-27(25,26)13-17(23)20-9-1-2-10-22-11-3-4-12-22/h5-8H,1-4,9-14H2,(H,20,23)(H,21,24). The molecule has 2 N–H and O–H groups in total. The molecule has 2 rings (SSSR count). The quantitative estimate of drug-likeness (QED) is 0.576. The smallest absolute Gasteiger partial charge is 0.239 e. The van der Waals surface area contributed by atoms with Crippen molar-refractivity contribution in [1.82, 2.24) is 10.2 Å². The third-order valence-electron chi connectivity index (χ3n) is 4.25. The maximum Gasteiger partial charge on any atom is 0.239 e. The zero-order chi connectivity index (χ0) is 19.7. The number of anilines is 1. The van der Waals surface area contributed by atoms with E-state index in [4.69, 9.17) is 0 Å². The van der Waals surface area contributed by atoms with E-state index in [1.54, 1.807) is 0 Å². The Hall–Kier alpha value is -2.00. The number of nitrogens with zero attached hydrogens (tertiary/aromatic N) is 1. The summed E-state index contributed by atoms with van der Waals surface area (Å²) in [4.78, 5) is 26.0. The maximum atomic E-state index is 12.8. The van der Waals surface area contributed by atoms with Gasteiger partial charge in [0.1, 0.15) is 17.3 Å². The van der Waals surface area contributed by atoms with E-state index in [1.807, 2.05) is 0 Å². The first-order valence-corrected chi connectivity index (χ1v) is 10.9. The van der Waals surface area contributed by atoms with Crippen molar-refractivity contribution in [2.24, 2.45) is 0 Å². The summed E-state index contributed by atoms with van der Waals surface area (Å²) in [5.41, 5.74) is 0.291. The molecular formula is C18H26FN3O4S. The van der Waals surface area contributed by atoms with Gasteiger partial charge in [0.15, 0.2) is 9.84 Å². The van der Waals surface area contributed by atoms with Gasteiger partial charge in [0.2, 0.25) is 11.8 Å². The molecular weight excluding hydrogens is 373 g/mol. The van der Waals surface area contributed by atoms with Crippen molar-refractivity contribution in [2.45, 2.75) is 25.7 Å². The summed E-state index contributed by atoms with van der Waals surface area (Å²) < 4.78 is 36.8. The van der Waals surface area contributed by atoms with Gasteiger partial charge in [-0.2, -0.15) is 0 Å². The molecule has 7 nitrogen and oxygen atoms in total. The van der Waals surface area contributed by atoms with E-state index in [-0.39, 0.29) is 0 Å². The van der Waals surface area contributed by atoms with Crippen LogP contribution in [0.1, 0.15) is 25.7 Å². The van der Waals surface area contributed by atoms with E-state index in [2.05, 4.69) is 15.5 Å². The number of hydrogen-bond acceptors (Lipinski definition) is 5. The number of rotatable bonds is 10. The normalized spacial score (nSPS) is 14.9. The molecule has 1 saturated heterocycles. The van der Waals surface area contributed by atoms with Crippen molar-refractivity contribution in [3.8, 4) is 0 Å². The zero-order valence-corrected chi connectivity index (χ0v) is 16.1. The Morgan fingerprint density at radius 1 is 1.00 bits per heavy atom. The number of unbranched alkanes of at least 4 members (excludes halogenated alkanes) is 1. The molecule has 0 aromatic heterocycles. The van der Waals surface area contributed by atoms with Gasteiger partial charge in [0.25, 0.3) is 0 Å². The van der Waals surface area contributed by atoms with Gasteiger partial charge in [0, 0.05) is 12.2 Å². The summed E-state index contributed by atoms with van der Waals surface area (Å²) >= 11 is 0. The van der Waals surface area contributed by atoms with Crippen molar-refractivity contribution in [3.63, 3.8) is 0 Å². The number of carbonyl (C=O) groups excluding carboxylic acids is 2. The average molecular weight is 399 g/mol. The Bertz CT molecular complexity index is 731. The second kappa shape index (κ2) is 10.4. The van der Waals surface area contributed by atoms with E-state index >= 15 is 0 Å². The van der Waals surface area contributed by atoms with Crippen LogP contribution in [0.4, 0.5) is 10.1 Å². The van der Waals surface area contributed by atoms with Gasteiger partial charge in [-0.15, -0.1) is 0 Å². The predicted molar refractivity (Wildman–Crippen MR) is 102 cm³/mol. The van der Waals surface area contributed by atoms with Crippen LogP contribution in [-0.2, 0) is 19.4 Å². The summed E-state index contributed by atoms with van der Waals surface area (Å²) in [5, 5.41) is 4.95. The number of benzene rings is 1. The highest BCUT2D eigenvalue weighted by molar-refractivity contribution is 7.92. The van der Waals surface area contributed by atoms with Crippen LogP contribution >= 0.6 is 0 Å². The molecule has 0 radical (unpaired) electrons. The van der Waals surface area contributed by atoms with E-state index in [1.165, 1.54) is 25.0 Å². The SMILES string of the molecule is O=C(CS(=O)(=O)CC(=O)Nc1ccc(F)cc1)NCCCCN1CCCC1. The van der Waals surface area contributed by atoms with E-state index in [0.717, 1.165) is 44.6 Å². The first kappa shape index (κ1) is 21.3. The third kappa shape index (κ3) is 8.49. The molecule has 9 heteroatoms. The fraction of sp³-hybridized carbons (Fsp3) is 0.556. The third-order valence-corrected chi connectivity index (χ3v) is 5.66. The molecule has 27 heavy (non-hydrogen) atoms. The minimum absolute atomic E-state index is 0.291. The van der Waals surface area contributed by atoms with Gasteiger partial charge in [-0.25, -0.2) is 12.8 Å². The number of sulfone groups is 1. The lowest BCUT2D eigenvalue weighted by molar-refractivity contribution is -0.118. The van der Waals surface area contributed by atoms with Crippen molar-refractivity contribution >= 4 is 27.3 Å². The Morgan fingerprint density at radius 2 is 1.63 bits per heavy atom. The van der Waals surface area contributed by atoms with E-state index in [9.17, 15) is 22.4 Å². The van der Waals surface area contributed by atoms with Crippen LogP contribution in [-0.4, -0.2) is 62.8 Å². The van der Waals surface area contributed by atoms with Crippen molar-refractivity contribution in [2.75, 3.05) is 43.0 Å². The molecule has 1 fully saturated rings. The van der Waals surface area contributed by atoms with Crippen LogP contribution in [0.15, 0.2) is 24.3 Å². The summed E-state index contributed by atoms with van der Waals surface area (Å²) in [6.45, 7) is 3.68. The maximum absolute atomic E-state index is 12.8. The van der Waals surface area contributed by atoms with Crippen molar-refractivity contribution in [1.29, 1.82) is 0 Å². The second-order valence-corrected chi connectivity index (χ2v) is 8.76. The Labute approximate surface area is 159 Å². The topological polar surface area (TPSA) is 95.6 Å². The van der Waals surface area contributed by atoms with Crippen molar-refractivity contribution in [3.05, 3.63) is 30.1 Å². The minimum atomic E-state index is -3.87. The van der Waals surface area contributed by atoms with E-state index in [0.29, 0.717) is 12.2 Å². The fourth-order valence-electron chi connectivity index (χ4n) is 2.93. The minimum Gasteiger partial charge on any atom is -0.355 e. The molecule has 1 aliphatic heterocycles. The fourth-order valence-corrected chi connectivity index (χ4v) is 4.00. The molecule has 1 heterocycles. The average Bonchev–Trinajstić information content (AvgIpc) is 3.09. The molecule has 0 aliphatic carbocycles. The second-order valence-electron chi connectivity index (χ2n) is 6.69. The van der Waals surface area contributed by atoms with Gasteiger partial charge in [0.05, 0.1) is 0 Å². The van der Waals surface area contributed by atoms with Gasteiger partial charge in [-0.1, -0.05) is 0 Å². The highest BCUT2D eigenvalue weighted by Crippen LogP contribution is 2.09. The summed E-state index contributed by atoms with van der Waals surface area (Å²) in [6.07, 6.45) is 4.22. The van der Waals surface area contributed by atoms with Crippen molar-refractivity contribution < 1.29 is 22.4 Å². The van der Waals surface area contributed by atoms with Gasteiger partial charge >= 0.3 is 0 Å². The lowest BCUT2D eigenvalue weighted by atomic mass is 10.3. The largest absolute Gasteiger partial charge is 0.355 e. The summed E-state index contributed by atoms with van der Waals surface area (Å²) in [6, 6.07) is 4.96. The molecule has 150 valence electrons. The van der Waals surface area contributed by atoms with E-state index < -0.39 is 39.0 Å². The molecule has 0 saturated carbocycles. The molecule has 1 aliphatic rings. The first-order chi connectivity index (χ1) is 12.8. The number of nitrogens with one attached hydrogen (secondary N) is 2. The lowest BCUT2D eigenvalue weighted by Gasteiger charge is -2.14.